The van der Waals surface area contributed by atoms with Gasteiger partial charge >= 0.3 is 0 Å². The Balaban J connectivity index is 2.11. The largest absolute Gasteiger partial charge is 0.496 e. The molecule has 20 heavy (non-hydrogen) atoms. The van der Waals surface area contributed by atoms with Gasteiger partial charge in [0.1, 0.15) is 5.75 Å². The minimum atomic E-state index is 0.106. The number of nitrogens with one attached hydrogen (secondary N) is 1. The monoisotopic (exact) mass is 279 g/mol. The van der Waals surface area contributed by atoms with Gasteiger partial charge < -0.3 is 19.5 Å². The van der Waals surface area contributed by atoms with Crippen LogP contribution in [0, 0.1) is 11.8 Å². The standard InChI is InChI=1S/C15H21NO4/c1-9-5-11(9)15(17)16-8-10-6-13(19-3)14(20-4)7-12(10)18-2/h6-7,9,11H,5,8H2,1-4H3,(H,16,17)/t9-,11+/m0/s1. The maximum atomic E-state index is 11.9. The lowest BCUT2D eigenvalue weighted by atomic mass is 10.1. The highest BCUT2D eigenvalue weighted by Gasteiger charge is 2.38. The zero-order valence-electron chi connectivity index (χ0n) is 12.4. The normalized spacial score (nSPS) is 20.2. The Kier molecular flexibility index (Phi) is 4.37. The SMILES string of the molecule is COc1cc(OC)c(OC)cc1CNC(=O)[C@@H]1C[C@@H]1C. The second-order valence-corrected chi connectivity index (χ2v) is 5.06. The average Bonchev–Trinajstić information content (AvgIpc) is 3.20. The van der Waals surface area contributed by atoms with Crippen molar-refractivity contribution >= 4 is 5.91 Å². The molecule has 1 aromatic rings. The molecule has 2 atom stereocenters. The van der Waals surface area contributed by atoms with E-state index in [-0.39, 0.29) is 11.8 Å². The van der Waals surface area contributed by atoms with Crippen LogP contribution in [0.25, 0.3) is 0 Å². The molecule has 5 nitrogen and oxygen atoms in total. The molecule has 0 saturated heterocycles. The van der Waals surface area contributed by atoms with Crippen molar-refractivity contribution in [2.24, 2.45) is 11.8 Å². The molecule has 0 spiro atoms. The first kappa shape index (κ1) is 14.5. The van der Waals surface area contributed by atoms with Crippen LogP contribution in [0.2, 0.25) is 0 Å². The molecule has 0 heterocycles. The fraction of sp³-hybridized carbons (Fsp3) is 0.533. The number of carbonyl (C=O) groups is 1. The van der Waals surface area contributed by atoms with Crippen molar-refractivity contribution < 1.29 is 19.0 Å². The Labute approximate surface area is 119 Å². The van der Waals surface area contributed by atoms with E-state index in [4.69, 9.17) is 14.2 Å². The summed E-state index contributed by atoms with van der Waals surface area (Å²) in [5, 5.41) is 2.94. The number of benzene rings is 1. The van der Waals surface area contributed by atoms with Gasteiger partial charge in [-0.25, -0.2) is 0 Å². The maximum Gasteiger partial charge on any atom is 0.223 e. The molecule has 1 aromatic carbocycles. The van der Waals surface area contributed by atoms with Crippen LogP contribution in [-0.4, -0.2) is 27.2 Å². The number of ether oxygens (including phenoxy) is 3. The Morgan fingerprint density at radius 2 is 1.70 bits per heavy atom. The summed E-state index contributed by atoms with van der Waals surface area (Å²) >= 11 is 0. The molecule has 0 aromatic heterocycles. The van der Waals surface area contributed by atoms with Crippen LogP contribution in [0.1, 0.15) is 18.9 Å². The Morgan fingerprint density at radius 1 is 1.15 bits per heavy atom. The fourth-order valence-corrected chi connectivity index (χ4v) is 2.23. The van der Waals surface area contributed by atoms with E-state index in [0.717, 1.165) is 12.0 Å². The van der Waals surface area contributed by atoms with Crippen LogP contribution in [-0.2, 0) is 11.3 Å². The molecular formula is C15H21NO4. The smallest absolute Gasteiger partial charge is 0.223 e. The Hall–Kier alpha value is -1.91. The average molecular weight is 279 g/mol. The van der Waals surface area contributed by atoms with Crippen LogP contribution in [0.5, 0.6) is 17.2 Å². The summed E-state index contributed by atoms with van der Waals surface area (Å²) in [6, 6.07) is 3.59. The minimum Gasteiger partial charge on any atom is -0.496 e. The quantitative estimate of drug-likeness (QED) is 0.865. The van der Waals surface area contributed by atoms with Crippen LogP contribution >= 0.6 is 0 Å². The number of carbonyl (C=O) groups excluding carboxylic acids is 1. The molecule has 0 radical (unpaired) electrons. The van der Waals surface area contributed by atoms with Crippen molar-refractivity contribution in [2.45, 2.75) is 19.9 Å². The van der Waals surface area contributed by atoms with Crippen molar-refractivity contribution in [1.82, 2.24) is 5.32 Å². The number of rotatable bonds is 6. The molecule has 110 valence electrons. The lowest BCUT2D eigenvalue weighted by Gasteiger charge is -2.14. The molecule has 1 aliphatic carbocycles. The molecule has 1 amide bonds. The van der Waals surface area contributed by atoms with Gasteiger partial charge in [0.25, 0.3) is 0 Å². The summed E-state index contributed by atoms with van der Waals surface area (Å²) in [7, 11) is 4.75. The highest BCUT2D eigenvalue weighted by atomic mass is 16.5. The van der Waals surface area contributed by atoms with Gasteiger partial charge in [0, 0.05) is 24.1 Å². The third kappa shape index (κ3) is 2.98. The molecule has 1 aliphatic rings. The highest BCUT2D eigenvalue weighted by Crippen LogP contribution is 2.38. The van der Waals surface area contributed by atoms with Gasteiger partial charge in [-0.2, -0.15) is 0 Å². The minimum absolute atomic E-state index is 0.106. The van der Waals surface area contributed by atoms with Gasteiger partial charge in [-0.15, -0.1) is 0 Å². The second-order valence-electron chi connectivity index (χ2n) is 5.06. The van der Waals surface area contributed by atoms with Gasteiger partial charge in [0.15, 0.2) is 11.5 Å². The topological polar surface area (TPSA) is 56.8 Å². The maximum absolute atomic E-state index is 11.9. The highest BCUT2D eigenvalue weighted by molar-refractivity contribution is 5.81. The molecule has 1 saturated carbocycles. The Bertz CT molecular complexity index is 501. The van der Waals surface area contributed by atoms with E-state index in [0.29, 0.717) is 29.7 Å². The number of hydrogen-bond acceptors (Lipinski definition) is 4. The Morgan fingerprint density at radius 3 is 2.20 bits per heavy atom. The first-order chi connectivity index (χ1) is 9.60. The van der Waals surface area contributed by atoms with Crippen LogP contribution in [0.4, 0.5) is 0 Å². The second kappa shape index (κ2) is 6.03. The summed E-state index contributed by atoms with van der Waals surface area (Å²) in [5.74, 6) is 2.68. The third-order valence-corrected chi connectivity index (χ3v) is 3.69. The lowest BCUT2D eigenvalue weighted by molar-refractivity contribution is -0.122. The van der Waals surface area contributed by atoms with Gasteiger partial charge in [0.2, 0.25) is 5.91 Å². The lowest BCUT2D eigenvalue weighted by Crippen LogP contribution is -2.25. The molecule has 0 aliphatic heterocycles. The van der Waals surface area contributed by atoms with E-state index in [1.165, 1.54) is 0 Å². The molecule has 5 heteroatoms. The van der Waals surface area contributed by atoms with Crippen molar-refractivity contribution in [1.29, 1.82) is 0 Å². The molecule has 1 fully saturated rings. The van der Waals surface area contributed by atoms with E-state index in [1.54, 1.807) is 27.4 Å². The van der Waals surface area contributed by atoms with Crippen molar-refractivity contribution in [2.75, 3.05) is 21.3 Å². The van der Waals surface area contributed by atoms with Crippen molar-refractivity contribution in [3.05, 3.63) is 17.7 Å². The van der Waals surface area contributed by atoms with Crippen molar-refractivity contribution in [3.8, 4) is 17.2 Å². The van der Waals surface area contributed by atoms with E-state index >= 15 is 0 Å². The fourth-order valence-electron chi connectivity index (χ4n) is 2.23. The van der Waals surface area contributed by atoms with Crippen LogP contribution in [0.15, 0.2) is 12.1 Å². The molecule has 2 rings (SSSR count). The predicted molar refractivity (Wildman–Crippen MR) is 75.2 cm³/mol. The third-order valence-electron chi connectivity index (χ3n) is 3.69. The summed E-state index contributed by atoms with van der Waals surface area (Å²) in [5.41, 5.74) is 0.867. The number of hydrogen-bond donors (Lipinski definition) is 1. The van der Waals surface area contributed by atoms with E-state index in [9.17, 15) is 4.79 Å². The molecule has 0 bridgehead atoms. The predicted octanol–water partition coefficient (Wildman–Crippen LogP) is 1.98. The summed E-state index contributed by atoms with van der Waals surface area (Å²) in [6.07, 6.45) is 0.981. The van der Waals surface area contributed by atoms with Gasteiger partial charge in [-0.05, 0) is 18.4 Å². The summed E-state index contributed by atoms with van der Waals surface area (Å²) in [4.78, 5) is 11.9. The van der Waals surface area contributed by atoms with Gasteiger partial charge in [-0.1, -0.05) is 6.92 Å². The first-order valence-corrected chi connectivity index (χ1v) is 6.67. The zero-order valence-corrected chi connectivity index (χ0v) is 12.4. The van der Waals surface area contributed by atoms with E-state index in [2.05, 4.69) is 12.2 Å². The van der Waals surface area contributed by atoms with Crippen molar-refractivity contribution in [3.63, 3.8) is 0 Å². The van der Waals surface area contributed by atoms with Crippen LogP contribution in [0.3, 0.4) is 0 Å². The molecule has 0 unspecified atom stereocenters. The van der Waals surface area contributed by atoms with E-state index in [1.807, 2.05) is 6.07 Å². The van der Waals surface area contributed by atoms with Gasteiger partial charge in [0.05, 0.1) is 21.3 Å². The molecule has 1 N–H and O–H groups in total. The zero-order chi connectivity index (χ0) is 14.7. The first-order valence-electron chi connectivity index (χ1n) is 6.67. The number of amides is 1. The van der Waals surface area contributed by atoms with Gasteiger partial charge in [-0.3, -0.25) is 4.79 Å². The summed E-state index contributed by atoms with van der Waals surface area (Å²) < 4.78 is 15.8. The summed E-state index contributed by atoms with van der Waals surface area (Å²) in [6.45, 7) is 2.51. The molecular weight excluding hydrogens is 258 g/mol. The van der Waals surface area contributed by atoms with Crippen LogP contribution < -0.4 is 19.5 Å². The number of methoxy groups -OCH3 is 3. The van der Waals surface area contributed by atoms with E-state index < -0.39 is 0 Å².